The number of benzene rings is 1. The van der Waals surface area contributed by atoms with Gasteiger partial charge >= 0.3 is 0 Å². The van der Waals surface area contributed by atoms with Crippen LogP contribution < -0.4 is 4.74 Å². The first kappa shape index (κ1) is 17.4. The van der Waals surface area contributed by atoms with Gasteiger partial charge in [-0.1, -0.05) is 53.2 Å². The van der Waals surface area contributed by atoms with Crippen molar-refractivity contribution in [3.8, 4) is 5.75 Å². The standard InChI is InChI=1S/C11H16O.2C2H6/c1-4-6-10-7-5-8-11(12-3)9(10)2;2*1-2/h5,7-8H,4,6H2,1-3H3;2*1-2H3. The highest BCUT2D eigenvalue weighted by Gasteiger charge is 2.01. The molecule has 0 unspecified atom stereocenters. The summed E-state index contributed by atoms with van der Waals surface area (Å²) in [4.78, 5) is 0. The van der Waals surface area contributed by atoms with Gasteiger partial charge in [0.1, 0.15) is 5.75 Å². The first-order chi connectivity index (χ1) is 7.79. The largest absolute Gasteiger partial charge is 0.496 e. The molecule has 0 aliphatic rings. The summed E-state index contributed by atoms with van der Waals surface area (Å²) < 4.78 is 5.23. The predicted molar refractivity (Wildman–Crippen MR) is 74.4 cm³/mol. The molecule has 0 bridgehead atoms. The number of hydrogen-bond acceptors (Lipinski definition) is 1. The van der Waals surface area contributed by atoms with Crippen molar-refractivity contribution in [2.75, 3.05) is 7.11 Å². The molecule has 0 saturated heterocycles. The third-order valence-electron chi connectivity index (χ3n) is 2.14. The maximum absolute atomic E-state index is 5.23. The second-order valence-corrected chi connectivity index (χ2v) is 2.99. The molecule has 0 fully saturated rings. The molecule has 0 atom stereocenters. The minimum absolute atomic E-state index is 1.00. The van der Waals surface area contributed by atoms with Crippen LogP contribution >= 0.6 is 0 Å². The lowest BCUT2D eigenvalue weighted by molar-refractivity contribution is 0.411. The van der Waals surface area contributed by atoms with Crippen LogP contribution in [0.2, 0.25) is 0 Å². The van der Waals surface area contributed by atoms with E-state index in [0.29, 0.717) is 0 Å². The summed E-state index contributed by atoms with van der Waals surface area (Å²) in [5.41, 5.74) is 2.68. The summed E-state index contributed by atoms with van der Waals surface area (Å²) in [6.07, 6.45) is 2.33. The van der Waals surface area contributed by atoms with Crippen molar-refractivity contribution in [2.45, 2.75) is 54.4 Å². The van der Waals surface area contributed by atoms with Gasteiger partial charge in [-0.05, 0) is 30.5 Å². The number of rotatable bonds is 3. The number of aryl methyl sites for hydroxylation is 1. The molecule has 94 valence electrons. The van der Waals surface area contributed by atoms with Gasteiger partial charge in [-0.3, -0.25) is 0 Å². The zero-order chi connectivity index (χ0) is 13.0. The van der Waals surface area contributed by atoms with E-state index < -0.39 is 0 Å². The molecule has 1 heteroatoms. The quantitative estimate of drug-likeness (QED) is 0.701. The van der Waals surface area contributed by atoms with Crippen LogP contribution in [0.1, 0.15) is 52.2 Å². The molecule has 0 saturated carbocycles. The summed E-state index contributed by atoms with van der Waals surface area (Å²) in [6.45, 7) is 12.3. The molecule has 1 aromatic rings. The van der Waals surface area contributed by atoms with Crippen molar-refractivity contribution in [1.82, 2.24) is 0 Å². The fourth-order valence-electron chi connectivity index (χ4n) is 1.42. The topological polar surface area (TPSA) is 9.23 Å². The Morgan fingerprint density at radius 3 is 2.06 bits per heavy atom. The van der Waals surface area contributed by atoms with Crippen molar-refractivity contribution in [3.63, 3.8) is 0 Å². The number of methoxy groups -OCH3 is 1. The summed E-state index contributed by atoms with van der Waals surface area (Å²) in [7, 11) is 1.72. The molecule has 1 nitrogen and oxygen atoms in total. The Labute approximate surface area is 102 Å². The Hall–Kier alpha value is -0.980. The third-order valence-corrected chi connectivity index (χ3v) is 2.14. The zero-order valence-corrected chi connectivity index (χ0v) is 12.1. The van der Waals surface area contributed by atoms with Gasteiger partial charge in [-0.25, -0.2) is 0 Å². The van der Waals surface area contributed by atoms with Gasteiger partial charge in [0.2, 0.25) is 0 Å². The van der Waals surface area contributed by atoms with E-state index in [0.717, 1.165) is 12.2 Å². The molecule has 0 spiro atoms. The molecule has 16 heavy (non-hydrogen) atoms. The van der Waals surface area contributed by atoms with Gasteiger partial charge < -0.3 is 4.74 Å². The Morgan fingerprint density at radius 1 is 1.06 bits per heavy atom. The van der Waals surface area contributed by atoms with E-state index >= 15 is 0 Å². The van der Waals surface area contributed by atoms with Gasteiger partial charge in [0.05, 0.1) is 7.11 Å². The zero-order valence-electron chi connectivity index (χ0n) is 12.1. The maximum atomic E-state index is 5.23. The molecule has 0 radical (unpaired) electrons. The van der Waals surface area contributed by atoms with Crippen molar-refractivity contribution in [3.05, 3.63) is 29.3 Å². The van der Waals surface area contributed by atoms with Gasteiger partial charge in [-0.15, -0.1) is 0 Å². The smallest absolute Gasteiger partial charge is 0.122 e. The number of hydrogen-bond donors (Lipinski definition) is 0. The monoisotopic (exact) mass is 224 g/mol. The molecular weight excluding hydrogens is 196 g/mol. The maximum Gasteiger partial charge on any atom is 0.122 e. The third kappa shape index (κ3) is 5.79. The SMILES string of the molecule is CC.CC.CCCc1cccc(OC)c1C. The molecule has 0 N–H and O–H groups in total. The first-order valence-corrected chi connectivity index (χ1v) is 6.42. The summed E-state index contributed by atoms with van der Waals surface area (Å²) in [6, 6.07) is 6.23. The van der Waals surface area contributed by atoms with Crippen molar-refractivity contribution in [2.24, 2.45) is 0 Å². The highest BCUT2D eigenvalue weighted by Crippen LogP contribution is 2.21. The molecule has 1 aromatic carbocycles. The van der Waals surface area contributed by atoms with Gasteiger partial charge in [0.15, 0.2) is 0 Å². The highest BCUT2D eigenvalue weighted by molar-refractivity contribution is 5.39. The lowest BCUT2D eigenvalue weighted by Crippen LogP contribution is -1.92. The van der Waals surface area contributed by atoms with Crippen LogP contribution in [-0.2, 0) is 6.42 Å². The average Bonchev–Trinajstić information content (AvgIpc) is 2.37. The van der Waals surface area contributed by atoms with Gasteiger partial charge in [-0.2, -0.15) is 0 Å². The summed E-state index contributed by atoms with van der Waals surface area (Å²) >= 11 is 0. The fourth-order valence-corrected chi connectivity index (χ4v) is 1.42. The van der Waals surface area contributed by atoms with Crippen molar-refractivity contribution < 1.29 is 4.74 Å². The van der Waals surface area contributed by atoms with E-state index in [2.05, 4.69) is 26.0 Å². The Bertz CT molecular complexity index is 254. The van der Waals surface area contributed by atoms with E-state index in [1.165, 1.54) is 17.5 Å². The molecule has 0 aromatic heterocycles. The van der Waals surface area contributed by atoms with Crippen molar-refractivity contribution >= 4 is 0 Å². The lowest BCUT2D eigenvalue weighted by atomic mass is 10.0. The minimum atomic E-state index is 1.00. The van der Waals surface area contributed by atoms with Crippen LogP contribution in [-0.4, -0.2) is 7.11 Å². The van der Waals surface area contributed by atoms with Gasteiger partial charge in [0.25, 0.3) is 0 Å². The Kier molecular flexibility index (Phi) is 13.2. The van der Waals surface area contributed by atoms with E-state index in [1.807, 2.05) is 33.8 Å². The first-order valence-electron chi connectivity index (χ1n) is 6.42. The van der Waals surface area contributed by atoms with Crippen LogP contribution in [0.25, 0.3) is 0 Å². The highest BCUT2D eigenvalue weighted by atomic mass is 16.5. The molecule has 1 rings (SSSR count). The van der Waals surface area contributed by atoms with E-state index in [9.17, 15) is 0 Å². The van der Waals surface area contributed by atoms with E-state index in [-0.39, 0.29) is 0 Å². The van der Waals surface area contributed by atoms with Crippen LogP contribution in [0, 0.1) is 6.92 Å². The van der Waals surface area contributed by atoms with Crippen molar-refractivity contribution in [1.29, 1.82) is 0 Å². The number of ether oxygens (including phenoxy) is 1. The van der Waals surface area contributed by atoms with E-state index in [1.54, 1.807) is 7.11 Å². The fraction of sp³-hybridized carbons (Fsp3) is 0.600. The molecule has 0 heterocycles. The lowest BCUT2D eigenvalue weighted by Gasteiger charge is -2.08. The van der Waals surface area contributed by atoms with Crippen LogP contribution in [0.4, 0.5) is 0 Å². The Balaban J connectivity index is 0. The summed E-state index contributed by atoms with van der Waals surface area (Å²) in [5.74, 6) is 1.00. The van der Waals surface area contributed by atoms with Crippen LogP contribution in [0.3, 0.4) is 0 Å². The minimum Gasteiger partial charge on any atom is -0.496 e. The predicted octanol–water partition coefficient (Wildman–Crippen LogP) is 5.01. The molecule has 0 amide bonds. The van der Waals surface area contributed by atoms with Crippen LogP contribution in [0.15, 0.2) is 18.2 Å². The average molecular weight is 224 g/mol. The summed E-state index contributed by atoms with van der Waals surface area (Å²) in [5, 5.41) is 0. The molecular formula is C15H28O. The second kappa shape index (κ2) is 12.1. The second-order valence-electron chi connectivity index (χ2n) is 2.99. The Morgan fingerprint density at radius 2 is 1.62 bits per heavy atom. The normalized spacial score (nSPS) is 8.19. The van der Waals surface area contributed by atoms with E-state index in [4.69, 9.17) is 4.74 Å². The molecule has 0 aliphatic heterocycles. The van der Waals surface area contributed by atoms with Crippen LogP contribution in [0.5, 0.6) is 5.75 Å². The molecule has 0 aliphatic carbocycles. The van der Waals surface area contributed by atoms with Gasteiger partial charge in [0, 0.05) is 0 Å².